The number of hydrogen-bond donors (Lipinski definition) is 1. The Labute approximate surface area is 97.5 Å². The predicted octanol–water partition coefficient (Wildman–Crippen LogP) is 1.18. The number of rotatable bonds is 5. The Morgan fingerprint density at radius 3 is 2.65 bits per heavy atom. The first-order chi connectivity index (χ1) is 7.78. The largest absolute Gasteiger partial charge is 0.411 e. The predicted molar refractivity (Wildman–Crippen MR) is 56.5 cm³/mol. The molecule has 0 spiro atoms. The molecule has 7 heteroatoms. The summed E-state index contributed by atoms with van der Waals surface area (Å²) in [5, 5.41) is 4.12. The zero-order chi connectivity index (χ0) is 13.1. The molecule has 0 aliphatic carbocycles. The SMILES string of the molecule is Cc1cc(CC(N)COCC(F)(F)F)n(C)n1. The van der Waals surface area contributed by atoms with Gasteiger partial charge in [0.2, 0.25) is 0 Å². The second kappa shape index (κ2) is 5.50. The fourth-order valence-electron chi connectivity index (χ4n) is 1.51. The smallest absolute Gasteiger partial charge is 0.370 e. The van der Waals surface area contributed by atoms with Gasteiger partial charge in [-0.15, -0.1) is 0 Å². The van der Waals surface area contributed by atoms with Gasteiger partial charge < -0.3 is 10.5 Å². The molecule has 1 heterocycles. The van der Waals surface area contributed by atoms with Gasteiger partial charge in [-0.05, 0) is 13.0 Å². The zero-order valence-electron chi connectivity index (χ0n) is 9.79. The molecule has 1 aromatic rings. The molecule has 17 heavy (non-hydrogen) atoms. The molecule has 0 aliphatic heterocycles. The topological polar surface area (TPSA) is 53.1 Å². The Morgan fingerprint density at radius 2 is 2.18 bits per heavy atom. The number of alkyl halides is 3. The van der Waals surface area contributed by atoms with E-state index >= 15 is 0 Å². The van der Waals surface area contributed by atoms with Gasteiger partial charge in [-0.25, -0.2) is 0 Å². The highest BCUT2D eigenvalue weighted by Crippen LogP contribution is 2.14. The van der Waals surface area contributed by atoms with Crippen molar-refractivity contribution in [1.29, 1.82) is 0 Å². The van der Waals surface area contributed by atoms with Gasteiger partial charge in [0, 0.05) is 25.2 Å². The minimum atomic E-state index is -4.30. The van der Waals surface area contributed by atoms with Gasteiger partial charge in [-0.2, -0.15) is 18.3 Å². The second-order valence-corrected chi connectivity index (χ2v) is 4.00. The number of aromatic nitrogens is 2. The summed E-state index contributed by atoms with van der Waals surface area (Å²) in [5.41, 5.74) is 7.41. The van der Waals surface area contributed by atoms with Crippen molar-refractivity contribution >= 4 is 0 Å². The summed E-state index contributed by atoms with van der Waals surface area (Å²) in [5.74, 6) is 0. The summed E-state index contributed by atoms with van der Waals surface area (Å²) in [6.45, 7) is 0.462. The van der Waals surface area contributed by atoms with Gasteiger partial charge in [-0.1, -0.05) is 0 Å². The third kappa shape index (κ3) is 5.18. The van der Waals surface area contributed by atoms with Crippen molar-refractivity contribution in [3.63, 3.8) is 0 Å². The van der Waals surface area contributed by atoms with E-state index in [1.807, 2.05) is 13.0 Å². The number of aryl methyl sites for hydroxylation is 2. The summed E-state index contributed by atoms with van der Waals surface area (Å²) in [7, 11) is 1.77. The number of hydrogen-bond acceptors (Lipinski definition) is 3. The first kappa shape index (κ1) is 14.0. The third-order valence-electron chi connectivity index (χ3n) is 2.17. The third-order valence-corrected chi connectivity index (χ3v) is 2.17. The van der Waals surface area contributed by atoms with Crippen LogP contribution < -0.4 is 5.73 Å². The number of halogens is 3. The van der Waals surface area contributed by atoms with Crippen LogP contribution in [-0.2, 0) is 18.2 Å². The van der Waals surface area contributed by atoms with Crippen molar-refractivity contribution in [2.45, 2.75) is 25.6 Å². The lowest BCUT2D eigenvalue weighted by atomic mass is 10.2. The maximum atomic E-state index is 11.8. The standard InChI is InChI=1S/C10H16F3N3O/c1-7-3-9(16(2)15-7)4-8(14)5-17-6-10(11,12)13/h3,8H,4-6,14H2,1-2H3. The number of ether oxygens (including phenoxy) is 1. The van der Waals surface area contributed by atoms with E-state index in [0.29, 0.717) is 6.42 Å². The maximum absolute atomic E-state index is 11.8. The summed E-state index contributed by atoms with van der Waals surface area (Å²) in [6, 6.07) is 1.39. The number of nitrogens with two attached hydrogens (primary N) is 1. The molecular weight excluding hydrogens is 235 g/mol. The Balaban J connectivity index is 2.35. The molecule has 1 aromatic heterocycles. The van der Waals surface area contributed by atoms with E-state index in [9.17, 15) is 13.2 Å². The first-order valence-electron chi connectivity index (χ1n) is 5.17. The van der Waals surface area contributed by atoms with E-state index in [1.165, 1.54) is 0 Å². The van der Waals surface area contributed by atoms with Crippen molar-refractivity contribution in [3.05, 3.63) is 17.5 Å². The Kier molecular flexibility index (Phi) is 4.53. The molecule has 0 fully saturated rings. The molecule has 1 rings (SSSR count). The van der Waals surface area contributed by atoms with Crippen LogP contribution in [0.4, 0.5) is 13.2 Å². The molecule has 2 N–H and O–H groups in total. The molecule has 98 valence electrons. The highest BCUT2D eigenvalue weighted by Gasteiger charge is 2.27. The van der Waals surface area contributed by atoms with Crippen LogP contribution in [0.15, 0.2) is 6.07 Å². The van der Waals surface area contributed by atoms with Gasteiger partial charge in [0.15, 0.2) is 0 Å². The van der Waals surface area contributed by atoms with E-state index in [4.69, 9.17) is 5.73 Å². The highest BCUT2D eigenvalue weighted by atomic mass is 19.4. The van der Waals surface area contributed by atoms with Crippen molar-refractivity contribution in [1.82, 2.24) is 9.78 Å². The molecule has 0 saturated carbocycles. The number of nitrogens with zero attached hydrogens (tertiary/aromatic N) is 2. The summed E-state index contributed by atoms with van der Waals surface area (Å²) < 4.78 is 41.6. The molecule has 4 nitrogen and oxygen atoms in total. The molecular formula is C10H16F3N3O. The van der Waals surface area contributed by atoms with Crippen LogP contribution in [0.3, 0.4) is 0 Å². The fourth-order valence-corrected chi connectivity index (χ4v) is 1.51. The monoisotopic (exact) mass is 251 g/mol. The molecule has 0 aliphatic rings. The molecule has 0 amide bonds. The van der Waals surface area contributed by atoms with Gasteiger partial charge in [-0.3, -0.25) is 4.68 Å². The maximum Gasteiger partial charge on any atom is 0.411 e. The zero-order valence-corrected chi connectivity index (χ0v) is 9.79. The summed E-state index contributed by atoms with van der Waals surface area (Å²) >= 11 is 0. The minimum absolute atomic E-state index is 0.121. The Bertz CT molecular complexity index is 362. The molecule has 1 atom stereocenters. The minimum Gasteiger partial charge on any atom is -0.370 e. The lowest BCUT2D eigenvalue weighted by Crippen LogP contribution is -2.31. The van der Waals surface area contributed by atoms with Crippen LogP contribution in [0.2, 0.25) is 0 Å². The van der Waals surface area contributed by atoms with Crippen molar-refractivity contribution < 1.29 is 17.9 Å². The molecule has 0 bridgehead atoms. The van der Waals surface area contributed by atoms with Crippen LogP contribution >= 0.6 is 0 Å². The molecule has 0 aromatic carbocycles. The van der Waals surface area contributed by atoms with Crippen LogP contribution in [0.25, 0.3) is 0 Å². The van der Waals surface area contributed by atoms with E-state index in [0.717, 1.165) is 11.4 Å². The van der Waals surface area contributed by atoms with Crippen molar-refractivity contribution in [3.8, 4) is 0 Å². The molecule has 0 saturated heterocycles. The molecule has 1 unspecified atom stereocenters. The van der Waals surface area contributed by atoms with Crippen molar-refractivity contribution in [2.24, 2.45) is 12.8 Å². The fraction of sp³-hybridized carbons (Fsp3) is 0.700. The van der Waals surface area contributed by atoms with Gasteiger partial charge >= 0.3 is 6.18 Å². The molecule has 0 radical (unpaired) electrons. The van der Waals surface area contributed by atoms with Gasteiger partial charge in [0.05, 0.1) is 12.3 Å². The van der Waals surface area contributed by atoms with E-state index in [2.05, 4.69) is 9.84 Å². The Morgan fingerprint density at radius 1 is 1.53 bits per heavy atom. The van der Waals surface area contributed by atoms with Crippen LogP contribution in [0.1, 0.15) is 11.4 Å². The lowest BCUT2D eigenvalue weighted by Gasteiger charge is -2.13. The average Bonchev–Trinajstić information content (AvgIpc) is 2.42. The Hall–Kier alpha value is -1.08. The van der Waals surface area contributed by atoms with Crippen LogP contribution in [0, 0.1) is 6.92 Å². The normalized spacial score (nSPS) is 14.0. The van der Waals surface area contributed by atoms with Crippen molar-refractivity contribution in [2.75, 3.05) is 13.2 Å². The quantitative estimate of drug-likeness (QED) is 0.854. The van der Waals surface area contributed by atoms with Crippen LogP contribution in [-0.4, -0.2) is 35.2 Å². The first-order valence-corrected chi connectivity index (χ1v) is 5.17. The van der Waals surface area contributed by atoms with Crippen LogP contribution in [0.5, 0.6) is 0 Å². The summed E-state index contributed by atoms with van der Waals surface area (Å²) in [6.07, 6.45) is -3.86. The lowest BCUT2D eigenvalue weighted by molar-refractivity contribution is -0.174. The highest BCUT2D eigenvalue weighted by molar-refractivity contribution is 5.09. The van der Waals surface area contributed by atoms with Gasteiger partial charge in [0.25, 0.3) is 0 Å². The van der Waals surface area contributed by atoms with E-state index in [1.54, 1.807) is 11.7 Å². The van der Waals surface area contributed by atoms with Gasteiger partial charge in [0.1, 0.15) is 6.61 Å². The second-order valence-electron chi connectivity index (χ2n) is 4.00. The summed E-state index contributed by atoms with van der Waals surface area (Å²) in [4.78, 5) is 0. The van der Waals surface area contributed by atoms with E-state index in [-0.39, 0.29) is 6.61 Å². The average molecular weight is 251 g/mol. The van der Waals surface area contributed by atoms with E-state index < -0.39 is 18.8 Å².